The lowest BCUT2D eigenvalue weighted by molar-refractivity contribution is -0.388. The average molecular weight is 289 g/mol. The van der Waals surface area contributed by atoms with E-state index < -0.39 is 31.3 Å². The minimum atomic E-state index is -4.08. The molecule has 9 heteroatoms. The Bertz CT molecular complexity index is 601. The molecule has 0 bridgehead atoms. The Balaban J connectivity index is 3.07. The van der Waals surface area contributed by atoms with Crippen LogP contribution in [0.4, 0.5) is 10.1 Å². The average Bonchev–Trinajstić information content (AvgIpc) is 2.34. The minimum Gasteiger partial charge on any atom is -0.327 e. The van der Waals surface area contributed by atoms with Crippen molar-refractivity contribution >= 4 is 15.7 Å². The molecule has 0 atom stereocenters. The number of nitrogens with two attached hydrogens (primary N) is 1. The van der Waals surface area contributed by atoms with Gasteiger partial charge in [-0.25, -0.2) is 17.5 Å². The summed E-state index contributed by atoms with van der Waals surface area (Å²) in [6, 6.07) is 2.25. The highest BCUT2D eigenvalue weighted by molar-refractivity contribution is 7.89. The fourth-order valence-corrected chi connectivity index (χ4v) is 2.40. The SMILES string of the molecule is NC/C=C/CNS(=O)(=O)c1ccc(F)cc1[N+](=O)[O-]. The van der Waals surface area contributed by atoms with E-state index in [9.17, 15) is 22.9 Å². The molecule has 0 unspecified atom stereocenters. The zero-order valence-electron chi connectivity index (χ0n) is 9.74. The van der Waals surface area contributed by atoms with Gasteiger partial charge in [-0.1, -0.05) is 12.2 Å². The van der Waals surface area contributed by atoms with Crippen LogP contribution in [-0.2, 0) is 10.0 Å². The molecule has 0 aromatic heterocycles. The van der Waals surface area contributed by atoms with E-state index in [1.165, 1.54) is 12.2 Å². The maximum atomic E-state index is 12.9. The molecular formula is C10H12FN3O4S. The van der Waals surface area contributed by atoms with E-state index in [0.29, 0.717) is 6.07 Å². The van der Waals surface area contributed by atoms with E-state index in [4.69, 9.17) is 5.73 Å². The van der Waals surface area contributed by atoms with Gasteiger partial charge in [-0.2, -0.15) is 0 Å². The summed E-state index contributed by atoms with van der Waals surface area (Å²) in [6.45, 7) is 0.187. The van der Waals surface area contributed by atoms with Gasteiger partial charge in [0.05, 0.1) is 11.0 Å². The number of nitro benzene ring substituents is 1. The van der Waals surface area contributed by atoms with Crippen LogP contribution >= 0.6 is 0 Å². The van der Waals surface area contributed by atoms with Crippen molar-refractivity contribution in [2.75, 3.05) is 13.1 Å². The summed E-state index contributed by atoms with van der Waals surface area (Å²) in [5, 5.41) is 10.7. The van der Waals surface area contributed by atoms with Gasteiger partial charge in [0, 0.05) is 13.1 Å². The van der Waals surface area contributed by atoms with Gasteiger partial charge in [0.25, 0.3) is 5.69 Å². The molecule has 1 aromatic carbocycles. The van der Waals surface area contributed by atoms with Gasteiger partial charge in [-0.05, 0) is 12.1 Å². The zero-order chi connectivity index (χ0) is 14.5. The normalized spacial score (nSPS) is 11.9. The number of hydrogen-bond acceptors (Lipinski definition) is 5. The lowest BCUT2D eigenvalue weighted by Crippen LogP contribution is -2.24. The Morgan fingerprint density at radius 2 is 2.11 bits per heavy atom. The third kappa shape index (κ3) is 4.09. The highest BCUT2D eigenvalue weighted by Crippen LogP contribution is 2.24. The van der Waals surface area contributed by atoms with Gasteiger partial charge < -0.3 is 5.73 Å². The Morgan fingerprint density at radius 3 is 2.68 bits per heavy atom. The van der Waals surface area contributed by atoms with Crippen LogP contribution in [0.5, 0.6) is 0 Å². The lowest BCUT2D eigenvalue weighted by atomic mass is 10.3. The number of sulfonamides is 1. The summed E-state index contributed by atoms with van der Waals surface area (Å²) in [4.78, 5) is 9.18. The fraction of sp³-hybridized carbons (Fsp3) is 0.200. The summed E-state index contributed by atoms with van der Waals surface area (Å²) in [5.74, 6) is -0.881. The van der Waals surface area contributed by atoms with Crippen molar-refractivity contribution in [1.82, 2.24) is 4.72 Å². The molecule has 0 heterocycles. The van der Waals surface area contributed by atoms with Crippen molar-refractivity contribution in [3.8, 4) is 0 Å². The van der Waals surface area contributed by atoms with Crippen LogP contribution in [0.25, 0.3) is 0 Å². The number of benzene rings is 1. The van der Waals surface area contributed by atoms with E-state index in [-0.39, 0.29) is 13.1 Å². The van der Waals surface area contributed by atoms with Crippen molar-refractivity contribution in [2.24, 2.45) is 5.73 Å². The van der Waals surface area contributed by atoms with Crippen molar-refractivity contribution in [3.05, 3.63) is 46.3 Å². The van der Waals surface area contributed by atoms with E-state index in [0.717, 1.165) is 12.1 Å². The largest absolute Gasteiger partial charge is 0.327 e. The molecule has 19 heavy (non-hydrogen) atoms. The summed E-state index contributed by atoms with van der Waals surface area (Å²) < 4.78 is 38.7. The molecule has 7 nitrogen and oxygen atoms in total. The summed E-state index contributed by atoms with van der Waals surface area (Å²) in [7, 11) is -4.08. The first-order chi connectivity index (χ1) is 8.88. The molecule has 3 N–H and O–H groups in total. The van der Waals surface area contributed by atoms with Gasteiger partial charge in [0.1, 0.15) is 5.82 Å². The predicted molar refractivity (Wildman–Crippen MR) is 66.4 cm³/mol. The molecule has 0 amide bonds. The van der Waals surface area contributed by atoms with Crippen LogP contribution in [0, 0.1) is 15.9 Å². The maximum absolute atomic E-state index is 12.9. The molecular weight excluding hydrogens is 277 g/mol. The van der Waals surface area contributed by atoms with E-state index in [1.807, 2.05) is 0 Å². The second-order valence-corrected chi connectivity index (χ2v) is 5.16. The Labute approximate surface area is 109 Å². The molecule has 0 saturated heterocycles. The molecule has 0 aliphatic carbocycles. The second kappa shape index (κ2) is 6.36. The van der Waals surface area contributed by atoms with Crippen LogP contribution < -0.4 is 10.5 Å². The number of nitrogens with one attached hydrogen (secondary N) is 1. The second-order valence-electron chi connectivity index (χ2n) is 3.43. The van der Waals surface area contributed by atoms with Gasteiger partial charge in [-0.3, -0.25) is 10.1 Å². The molecule has 0 radical (unpaired) electrons. The Hall–Kier alpha value is -1.84. The summed E-state index contributed by atoms with van der Waals surface area (Å²) in [6.07, 6.45) is 2.99. The Kier molecular flexibility index (Phi) is 5.10. The van der Waals surface area contributed by atoms with Crippen molar-refractivity contribution < 1.29 is 17.7 Å². The third-order valence-corrected chi connectivity index (χ3v) is 3.57. The molecule has 104 valence electrons. The fourth-order valence-electron chi connectivity index (χ4n) is 1.28. The van der Waals surface area contributed by atoms with E-state index >= 15 is 0 Å². The number of hydrogen-bond donors (Lipinski definition) is 2. The molecule has 1 rings (SSSR count). The molecule has 0 aliphatic rings. The quantitative estimate of drug-likeness (QED) is 0.450. The minimum absolute atomic E-state index is 0.0614. The standard InChI is InChI=1S/C10H12FN3O4S/c11-8-3-4-10(9(7-8)14(15)16)19(17,18)13-6-2-1-5-12/h1-4,7,13H,5-6,12H2/b2-1+. The van der Waals surface area contributed by atoms with Crippen LogP contribution in [-0.4, -0.2) is 26.4 Å². The van der Waals surface area contributed by atoms with Crippen LogP contribution in [0.2, 0.25) is 0 Å². The monoisotopic (exact) mass is 289 g/mol. The molecule has 0 aliphatic heterocycles. The topological polar surface area (TPSA) is 115 Å². The first kappa shape index (κ1) is 15.2. The third-order valence-electron chi connectivity index (χ3n) is 2.10. The Morgan fingerprint density at radius 1 is 1.42 bits per heavy atom. The van der Waals surface area contributed by atoms with E-state index in [2.05, 4.69) is 4.72 Å². The maximum Gasteiger partial charge on any atom is 0.292 e. The van der Waals surface area contributed by atoms with Gasteiger partial charge >= 0.3 is 0 Å². The first-order valence-corrected chi connectivity index (χ1v) is 6.65. The highest BCUT2D eigenvalue weighted by Gasteiger charge is 2.25. The van der Waals surface area contributed by atoms with Crippen LogP contribution in [0.15, 0.2) is 35.2 Å². The number of rotatable bonds is 6. The number of halogens is 1. The van der Waals surface area contributed by atoms with E-state index in [1.54, 1.807) is 0 Å². The number of nitro groups is 1. The van der Waals surface area contributed by atoms with Crippen molar-refractivity contribution in [3.63, 3.8) is 0 Å². The molecule has 0 fully saturated rings. The number of nitrogens with zero attached hydrogens (tertiary/aromatic N) is 1. The molecule has 0 saturated carbocycles. The van der Waals surface area contributed by atoms with Crippen LogP contribution in [0.3, 0.4) is 0 Å². The van der Waals surface area contributed by atoms with Gasteiger partial charge in [0.2, 0.25) is 10.0 Å². The van der Waals surface area contributed by atoms with Gasteiger partial charge in [-0.15, -0.1) is 0 Å². The first-order valence-electron chi connectivity index (χ1n) is 5.17. The lowest BCUT2D eigenvalue weighted by Gasteiger charge is -2.05. The van der Waals surface area contributed by atoms with Gasteiger partial charge in [0.15, 0.2) is 4.90 Å². The smallest absolute Gasteiger partial charge is 0.292 e. The zero-order valence-corrected chi connectivity index (χ0v) is 10.6. The van der Waals surface area contributed by atoms with Crippen LogP contribution in [0.1, 0.15) is 0 Å². The molecule has 0 spiro atoms. The summed E-state index contributed by atoms with van der Waals surface area (Å²) >= 11 is 0. The van der Waals surface area contributed by atoms with Crippen molar-refractivity contribution in [2.45, 2.75) is 4.90 Å². The summed E-state index contributed by atoms with van der Waals surface area (Å²) in [5.41, 5.74) is 4.37. The predicted octanol–water partition coefficient (Wildman–Crippen LogP) is 0.527. The van der Waals surface area contributed by atoms with Crippen molar-refractivity contribution in [1.29, 1.82) is 0 Å². The molecule has 1 aromatic rings. The highest BCUT2D eigenvalue weighted by atomic mass is 32.2.